The van der Waals surface area contributed by atoms with Crippen LogP contribution in [0, 0.1) is 11.3 Å². The van der Waals surface area contributed by atoms with E-state index in [2.05, 4.69) is 26.0 Å². The van der Waals surface area contributed by atoms with E-state index in [1.54, 1.807) is 7.11 Å². The predicted molar refractivity (Wildman–Crippen MR) is 82.5 cm³/mol. The van der Waals surface area contributed by atoms with Gasteiger partial charge in [-0.3, -0.25) is 4.79 Å². The molecule has 3 nitrogen and oxygen atoms in total. The number of aliphatic carboxylic acids is 1. The number of allylic oxidation sites excluding steroid dienone is 1. The summed E-state index contributed by atoms with van der Waals surface area (Å²) in [5.41, 5.74) is 1.09. The smallest absolute Gasteiger partial charge is 0.314 e. The quantitative estimate of drug-likeness (QED) is 0.897. The average Bonchev–Trinajstić information content (AvgIpc) is 2.45. The summed E-state index contributed by atoms with van der Waals surface area (Å²) >= 11 is 0. The van der Waals surface area contributed by atoms with Crippen LogP contribution in [0.4, 0.5) is 0 Å². The molecule has 1 aromatic carbocycles. The van der Waals surface area contributed by atoms with E-state index in [0.717, 1.165) is 29.7 Å². The van der Waals surface area contributed by atoms with Crippen LogP contribution in [-0.4, -0.2) is 18.2 Å². The molecule has 3 heteroatoms. The molecule has 21 heavy (non-hydrogen) atoms. The number of carboxylic acid groups (broad SMARTS) is 1. The Labute approximate surface area is 125 Å². The van der Waals surface area contributed by atoms with Gasteiger partial charge in [-0.2, -0.15) is 0 Å². The van der Waals surface area contributed by atoms with Crippen molar-refractivity contribution in [2.75, 3.05) is 7.11 Å². The van der Waals surface area contributed by atoms with Gasteiger partial charge >= 0.3 is 5.97 Å². The van der Waals surface area contributed by atoms with Crippen LogP contribution >= 0.6 is 0 Å². The summed E-state index contributed by atoms with van der Waals surface area (Å²) in [5.74, 6) is 0.0433. The first-order valence-electron chi connectivity index (χ1n) is 7.52. The fraction of sp³-hybridized carbons (Fsp3) is 0.500. The second kappa shape index (κ2) is 4.62. The molecular weight excluding hydrogens is 264 g/mol. The van der Waals surface area contributed by atoms with Crippen LogP contribution in [0.15, 0.2) is 24.3 Å². The van der Waals surface area contributed by atoms with Gasteiger partial charge in [0.15, 0.2) is 0 Å². The highest BCUT2D eigenvalue weighted by Gasteiger charge is 2.56. The number of carboxylic acids is 1. The summed E-state index contributed by atoms with van der Waals surface area (Å²) in [6.45, 7) is 4.37. The minimum atomic E-state index is -0.819. The van der Waals surface area contributed by atoms with Crippen molar-refractivity contribution in [3.8, 4) is 5.75 Å². The van der Waals surface area contributed by atoms with E-state index in [9.17, 15) is 9.90 Å². The molecule has 1 N–H and O–H groups in total. The van der Waals surface area contributed by atoms with Gasteiger partial charge in [-0.1, -0.05) is 38.5 Å². The third-order valence-corrected chi connectivity index (χ3v) is 5.36. The molecule has 0 saturated heterocycles. The van der Waals surface area contributed by atoms with Gasteiger partial charge < -0.3 is 9.84 Å². The number of fused-ring (bicyclic) bond motifs is 3. The van der Waals surface area contributed by atoms with Crippen molar-refractivity contribution < 1.29 is 14.6 Å². The monoisotopic (exact) mass is 286 g/mol. The molecule has 3 rings (SSSR count). The SMILES string of the molecule is COc1ccc2c(c1)[C@]1(C(=O)O)CCCC(C)(C)[C@H]1C=C2. The number of hydrogen-bond acceptors (Lipinski definition) is 2. The van der Waals surface area contributed by atoms with Crippen molar-refractivity contribution in [3.63, 3.8) is 0 Å². The lowest BCUT2D eigenvalue weighted by molar-refractivity contribution is -0.150. The number of carbonyl (C=O) groups is 1. The second-order valence-electron chi connectivity index (χ2n) is 6.91. The minimum Gasteiger partial charge on any atom is -0.497 e. The van der Waals surface area contributed by atoms with Gasteiger partial charge in [-0.05, 0) is 41.5 Å². The zero-order chi connectivity index (χ0) is 15.3. The van der Waals surface area contributed by atoms with Crippen molar-refractivity contribution in [3.05, 3.63) is 35.4 Å². The van der Waals surface area contributed by atoms with E-state index < -0.39 is 11.4 Å². The number of rotatable bonds is 2. The van der Waals surface area contributed by atoms with Crippen molar-refractivity contribution in [2.24, 2.45) is 11.3 Å². The molecule has 1 saturated carbocycles. The van der Waals surface area contributed by atoms with Crippen molar-refractivity contribution in [1.82, 2.24) is 0 Å². The molecule has 0 aliphatic heterocycles. The molecule has 0 unspecified atom stereocenters. The molecule has 1 aromatic rings. The van der Waals surface area contributed by atoms with Crippen LogP contribution in [0.2, 0.25) is 0 Å². The highest BCUT2D eigenvalue weighted by Crippen LogP contribution is 2.56. The Morgan fingerprint density at radius 1 is 1.33 bits per heavy atom. The molecule has 2 aliphatic rings. The lowest BCUT2D eigenvalue weighted by Crippen LogP contribution is -2.52. The van der Waals surface area contributed by atoms with Crippen molar-refractivity contribution in [1.29, 1.82) is 0 Å². The van der Waals surface area contributed by atoms with Crippen LogP contribution in [0.3, 0.4) is 0 Å². The third-order valence-electron chi connectivity index (χ3n) is 5.36. The molecule has 112 valence electrons. The van der Waals surface area contributed by atoms with Gasteiger partial charge in [-0.25, -0.2) is 0 Å². The number of methoxy groups -OCH3 is 1. The zero-order valence-corrected chi connectivity index (χ0v) is 12.8. The van der Waals surface area contributed by atoms with Gasteiger partial charge in [0.2, 0.25) is 0 Å². The van der Waals surface area contributed by atoms with Crippen LogP contribution in [0.25, 0.3) is 6.08 Å². The molecule has 0 radical (unpaired) electrons. The fourth-order valence-electron chi connectivity index (χ4n) is 4.28. The van der Waals surface area contributed by atoms with Crippen LogP contribution < -0.4 is 4.74 Å². The van der Waals surface area contributed by atoms with E-state index >= 15 is 0 Å². The maximum atomic E-state index is 12.3. The van der Waals surface area contributed by atoms with E-state index in [4.69, 9.17) is 4.74 Å². The van der Waals surface area contributed by atoms with Crippen molar-refractivity contribution >= 4 is 12.0 Å². The Kier molecular flexibility index (Phi) is 3.12. The molecule has 0 bridgehead atoms. The largest absolute Gasteiger partial charge is 0.497 e. The predicted octanol–water partition coefficient (Wildman–Crippen LogP) is 3.87. The van der Waals surface area contributed by atoms with Gasteiger partial charge in [0, 0.05) is 5.92 Å². The summed E-state index contributed by atoms with van der Waals surface area (Å²) in [7, 11) is 1.62. The standard InChI is InChI=1S/C18H22O3/c1-17(2)9-4-10-18(16(19)20)14-11-13(21-3)7-5-12(14)6-8-15(17)18/h5-8,11,15H,4,9-10H2,1-3H3,(H,19,20)/t15-,18-/m1/s1. The summed E-state index contributed by atoms with van der Waals surface area (Å²) in [4.78, 5) is 12.3. The molecule has 2 aliphatic carbocycles. The maximum absolute atomic E-state index is 12.3. The van der Waals surface area contributed by atoms with Gasteiger partial charge in [0.25, 0.3) is 0 Å². The van der Waals surface area contributed by atoms with E-state index in [1.807, 2.05) is 18.2 Å². The average molecular weight is 286 g/mol. The topological polar surface area (TPSA) is 46.5 Å². The zero-order valence-electron chi connectivity index (χ0n) is 12.8. The molecule has 1 fully saturated rings. The summed E-state index contributed by atoms with van der Waals surface area (Å²) in [5, 5.41) is 10.1. The van der Waals surface area contributed by atoms with E-state index in [-0.39, 0.29) is 11.3 Å². The van der Waals surface area contributed by atoms with E-state index in [0.29, 0.717) is 6.42 Å². The summed E-state index contributed by atoms with van der Waals surface area (Å²) < 4.78 is 5.32. The Bertz CT molecular complexity index is 615. The molecule has 0 heterocycles. The van der Waals surface area contributed by atoms with Crippen LogP contribution in [0.1, 0.15) is 44.2 Å². The van der Waals surface area contributed by atoms with Gasteiger partial charge in [0.05, 0.1) is 7.11 Å². The molecular formula is C18H22O3. The number of hydrogen-bond donors (Lipinski definition) is 1. The number of benzene rings is 1. The molecule has 0 amide bonds. The third kappa shape index (κ3) is 1.90. The highest BCUT2D eigenvalue weighted by atomic mass is 16.5. The Hall–Kier alpha value is -1.77. The first-order chi connectivity index (χ1) is 9.91. The Morgan fingerprint density at radius 2 is 2.10 bits per heavy atom. The first-order valence-corrected chi connectivity index (χ1v) is 7.52. The molecule has 0 aromatic heterocycles. The minimum absolute atomic E-state index is 0.00605. The summed E-state index contributed by atoms with van der Waals surface area (Å²) in [6, 6.07) is 5.78. The van der Waals surface area contributed by atoms with Gasteiger partial charge in [-0.15, -0.1) is 0 Å². The summed E-state index contributed by atoms with van der Waals surface area (Å²) in [6.07, 6.45) is 6.90. The Morgan fingerprint density at radius 3 is 2.76 bits per heavy atom. The maximum Gasteiger partial charge on any atom is 0.314 e. The number of ether oxygens (including phenoxy) is 1. The van der Waals surface area contributed by atoms with E-state index in [1.165, 1.54) is 0 Å². The lowest BCUT2D eigenvalue weighted by Gasteiger charge is -2.51. The lowest BCUT2D eigenvalue weighted by atomic mass is 9.51. The highest BCUT2D eigenvalue weighted by molar-refractivity contribution is 5.86. The van der Waals surface area contributed by atoms with Crippen LogP contribution in [0.5, 0.6) is 5.75 Å². The first kappa shape index (κ1) is 14.2. The second-order valence-corrected chi connectivity index (χ2v) is 6.91. The Balaban J connectivity index is 2.25. The van der Waals surface area contributed by atoms with Gasteiger partial charge in [0.1, 0.15) is 11.2 Å². The fourth-order valence-corrected chi connectivity index (χ4v) is 4.28. The normalized spacial score (nSPS) is 29.4. The van der Waals surface area contributed by atoms with Crippen molar-refractivity contribution in [2.45, 2.75) is 38.5 Å². The van der Waals surface area contributed by atoms with Crippen LogP contribution in [-0.2, 0) is 10.2 Å². The molecule has 2 atom stereocenters. The molecule has 0 spiro atoms.